The molecule has 1 unspecified atom stereocenters. The second-order valence-corrected chi connectivity index (χ2v) is 9.36. The summed E-state index contributed by atoms with van der Waals surface area (Å²) in [6.07, 6.45) is 10.2. The van der Waals surface area contributed by atoms with Crippen molar-refractivity contribution in [1.82, 2.24) is 20.2 Å². The van der Waals surface area contributed by atoms with Gasteiger partial charge in [0.2, 0.25) is 5.91 Å². The summed E-state index contributed by atoms with van der Waals surface area (Å²) in [5.74, 6) is 1.12. The number of hydrogen-bond donors (Lipinski definition) is 2. The lowest BCUT2D eigenvalue weighted by Gasteiger charge is -2.46. The number of fused-ring (bicyclic) bond motifs is 1. The quantitative estimate of drug-likeness (QED) is 0.569. The van der Waals surface area contributed by atoms with Gasteiger partial charge in [-0.05, 0) is 49.1 Å². The first-order valence-corrected chi connectivity index (χ1v) is 12.5. The molecule has 2 N–H and O–H groups in total. The van der Waals surface area contributed by atoms with E-state index < -0.39 is 0 Å². The SMILES string of the molecule is CC[C@@H](N(C(=O)C1CCCCC1)c1ccccn1)N1CCNCC1c1cccc2[nH]ccc12. The lowest BCUT2D eigenvalue weighted by molar-refractivity contribution is -0.125. The first-order valence-electron chi connectivity index (χ1n) is 12.5. The molecule has 2 aromatic heterocycles. The third-order valence-corrected chi connectivity index (χ3v) is 7.41. The van der Waals surface area contributed by atoms with E-state index in [-0.39, 0.29) is 24.0 Å². The van der Waals surface area contributed by atoms with Crippen molar-refractivity contribution in [2.75, 3.05) is 24.5 Å². The van der Waals surface area contributed by atoms with Gasteiger partial charge in [0.1, 0.15) is 5.82 Å². The maximum Gasteiger partial charge on any atom is 0.232 e. The topological polar surface area (TPSA) is 64.3 Å². The molecule has 0 radical (unpaired) electrons. The van der Waals surface area contributed by atoms with E-state index in [9.17, 15) is 4.79 Å². The average Bonchev–Trinajstić information content (AvgIpc) is 3.37. The first kappa shape index (κ1) is 22.1. The average molecular weight is 446 g/mol. The highest BCUT2D eigenvalue weighted by atomic mass is 16.2. The van der Waals surface area contributed by atoms with Crippen molar-refractivity contribution in [2.24, 2.45) is 5.92 Å². The molecule has 174 valence electrons. The molecule has 6 heteroatoms. The van der Waals surface area contributed by atoms with Gasteiger partial charge in [0.05, 0.1) is 6.17 Å². The van der Waals surface area contributed by atoms with Crippen LogP contribution in [0.5, 0.6) is 0 Å². The lowest BCUT2D eigenvalue weighted by atomic mass is 9.88. The van der Waals surface area contributed by atoms with E-state index in [2.05, 4.69) is 51.4 Å². The summed E-state index contributed by atoms with van der Waals surface area (Å²) in [7, 11) is 0. The molecule has 0 bridgehead atoms. The van der Waals surface area contributed by atoms with E-state index in [1.165, 1.54) is 17.4 Å². The molecule has 0 spiro atoms. The van der Waals surface area contributed by atoms with Crippen molar-refractivity contribution in [3.05, 3.63) is 60.4 Å². The molecule has 2 atom stereocenters. The predicted molar refractivity (Wildman–Crippen MR) is 133 cm³/mol. The molecule has 1 saturated heterocycles. The minimum atomic E-state index is -0.0318. The number of rotatable bonds is 6. The van der Waals surface area contributed by atoms with Gasteiger partial charge in [-0.3, -0.25) is 14.6 Å². The fraction of sp³-hybridized carbons (Fsp3) is 0.481. The molecule has 1 aliphatic heterocycles. The Balaban J connectivity index is 1.53. The Morgan fingerprint density at radius 2 is 2.03 bits per heavy atom. The summed E-state index contributed by atoms with van der Waals surface area (Å²) in [6, 6.07) is 14.8. The van der Waals surface area contributed by atoms with Crippen LogP contribution in [0.1, 0.15) is 57.1 Å². The summed E-state index contributed by atoms with van der Waals surface area (Å²) in [6.45, 7) is 4.88. The zero-order valence-electron chi connectivity index (χ0n) is 19.5. The van der Waals surface area contributed by atoms with Crippen LogP contribution in [-0.2, 0) is 4.79 Å². The molecule has 5 rings (SSSR count). The van der Waals surface area contributed by atoms with Crippen LogP contribution in [0.25, 0.3) is 10.9 Å². The highest BCUT2D eigenvalue weighted by Crippen LogP contribution is 2.35. The van der Waals surface area contributed by atoms with Gasteiger partial charge in [-0.25, -0.2) is 4.98 Å². The predicted octanol–water partition coefficient (Wildman–Crippen LogP) is 4.86. The van der Waals surface area contributed by atoms with Crippen molar-refractivity contribution >= 4 is 22.6 Å². The van der Waals surface area contributed by atoms with Crippen LogP contribution < -0.4 is 10.2 Å². The second kappa shape index (κ2) is 10.1. The summed E-state index contributed by atoms with van der Waals surface area (Å²) in [5, 5.41) is 4.86. The van der Waals surface area contributed by atoms with E-state index >= 15 is 0 Å². The van der Waals surface area contributed by atoms with Gasteiger partial charge in [-0.1, -0.05) is 44.4 Å². The van der Waals surface area contributed by atoms with Crippen molar-refractivity contribution in [3.63, 3.8) is 0 Å². The molecule has 2 fully saturated rings. The standard InChI is InChI=1S/C27H35N5O/c1-2-26(32(25-13-6-7-15-30-25)27(33)20-9-4-3-5-10-20)31-18-17-28-19-24(31)22-11-8-12-23-21(22)14-16-29-23/h6-8,11-16,20,24,26,28-29H,2-5,9-10,17-19H2,1H3/t24?,26-/m1/s1. The van der Waals surface area contributed by atoms with E-state index in [1.807, 2.05) is 29.3 Å². The van der Waals surface area contributed by atoms with Crippen LogP contribution in [0.2, 0.25) is 0 Å². The van der Waals surface area contributed by atoms with Crippen LogP contribution in [0, 0.1) is 5.92 Å². The summed E-state index contributed by atoms with van der Waals surface area (Å²) in [5.41, 5.74) is 2.47. The smallest absolute Gasteiger partial charge is 0.232 e. The zero-order valence-corrected chi connectivity index (χ0v) is 19.5. The molecular formula is C27H35N5O. The first-order chi connectivity index (χ1) is 16.3. The molecule has 1 aromatic carbocycles. The monoisotopic (exact) mass is 445 g/mol. The Morgan fingerprint density at radius 3 is 2.82 bits per heavy atom. The highest BCUT2D eigenvalue weighted by molar-refractivity contribution is 5.94. The molecule has 6 nitrogen and oxygen atoms in total. The van der Waals surface area contributed by atoms with Crippen molar-refractivity contribution < 1.29 is 4.79 Å². The van der Waals surface area contributed by atoms with E-state index in [0.29, 0.717) is 0 Å². The summed E-state index contributed by atoms with van der Waals surface area (Å²) in [4.78, 5) is 26.6. The van der Waals surface area contributed by atoms with Crippen molar-refractivity contribution in [2.45, 2.75) is 57.7 Å². The van der Waals surface area contributed by atoms with E-state index in [0.717, 1.165) is 63.1 Å². The number of amides is 1. The number of piperazine rings is 1. The Labute approximate surface area is 196 Å². The molecule has 3 aromatic rings. The third kappa shape index (κ3) is 4.42. The Hall–Kier alpha value is -2.70. The number of benzene rings is 1. The highest BCUT2D eigenvalue weighted by Gasteiger charge is 2.38. The third-order valence-electron chi connectivity index (χ3n) is 7.41. The number of nitrogens with zero attached hydrogens (tertiary/aromatic N) is 3. The molecule has 1 amide bonds. The van der Waals surface area contributed by atoms with Gasteiger partial charge in [-0.2, -0.15) is 0 Å². The molecular weight excluding hydrogens is 410 g/mol. The lowest BCUT2D eigenvalue weighted by Crippen LogP contribution is -2.58. The number of aromatic nitrogens is 2. The number of H-pyrrole nitrogens is 1. The molecule has 1 aliphatic carbocycles. The number of carbonyl (C=O) groups is 1. The Morgan fingerprint density at radius 1 is 1.15 bits per heavy atom. The number of carbonyl (C=O) groups excluding carboxylic acids is 1. The summed E-state index contributed by atoms with van der Waals surface area (Å²) < 4.78 is 0. The Kier molecular flexibility index (Phi) is 6.74. The number of aromatic amines is 1. The second-order valence-electron chi connectivity index (χ2n) is 9.36. The van der Waals surface area contributed by atoms with Crippen LogP contribution in [0.15, 0.2) is 54.9 Å². The van der Waals surface area contributed by atoms with Crippen molar-refractivity contribution in [1.29, 1.82) is 0 Å². The maximum absolute atomic E-state index is 14.0. The number of pyridine rings is 1. The fourth-order valence-corrected chi connectivity index (χ4v) is 5.79. The summed E-state index contributed by atoms with van der Waals surface area (Å²) >= 11 is 0. The van der Waals surface area contributed by atoms with E-state index in [1.54, 1.807) is 6.20 Å². The van der Waals surface area contributed by atoms with Crippen LogP contribution in [-0.4, -0.2) is 46.6 Å². The van der Waals surface area contributed by atoms with Gasteiger partial charge in [0.15, 0.2) is 0 Å². The zero-order chi connectivity index (χ0) is 22.6. The van der Waals surface area contributed by atoms with Gasteiger partial charge < -0.3 is 10.3 Å². The van der Waals surface area contributed by atoms with E-state index in [4.69, 9.17) is 0 Å². The van der Waals surface area contributed by atoms with Gasteiger partial charge >= 0.3 is 0 Å². The number of nitrogens with one attached hydrogen (secondary N) is 2. The van der Waals surface area contributed by atoms with Crippen LogP contribution >= 0.6 is 0 Å². The minimum absolute atomic E-state index is 0.0318. The molecule has 1 saturated carbocycles. The fourth-order valence-electron chi connectivity index (χ4n) is 5.79. The molecule has 2 aliphatic rings. The largest absolute Gasteiger partial charge is 0.361 e. The van der Waals surface area contributed by atoms with Crippen molar-refractivity contribution in [3.8, 4) is 0 Å². The minimum Gasteiger partial charge on any atom is -0.361 e. The maximum atomic E-state index is 14.0. The number of hydrogen-bond acceptors (Lipinski definition) is 4. The Bertz CT molecular complexity index is 1060. The van der Waals surface area contributed by atoms with Gasteiger partial charge in [-0.15, -0.1) is 0 Å². The molecule has 33 heavy (non-hydrogen) atoms. The van der Waals surface area contributed by atoms with Crippen LogP contribution in [0.3, 0.4) is 0 Å². The van der Waals surface area contributed by atoms with Gasteiger partial charge in [0.25, 0.3) is 0 Å². The number of anilines is 1. The normalized spacial score (nSPS) is 21.2. The van der Waals surface area contributed by atoms with Gasteiger partial charge in [0, 0.05) is 54.9 Å². The van der Waals surface area contributed by atoms with Crippen LogP contribution in [0.4, 0.5) is 5.82 Å². The molecule has 3 heterocycles.